The highest BCUT2D eigenvalue weighted by atomic mass is 35.9. The van der Waals surface area contributed by atoms with E-state index in [1.54, 1.807) is 0 Å². The standard InChI is InChI=1S/C6H4Cl4O2P2/c7-13(8,11)5-2-1-3-6(4-5)14(9,10)12/h1-4H. The molecule has 0 radical (unpaired) electrons. The third kappa shape index (κ3) is 3.45. The van der Waals surface area contributed by atoms with Gasteiger partial charge in [0, 0.05) is 10.6 Å². The number of hydrogen-bond donors (Lipinski definition) is 0. The fourth-order valence-electron chi connectivity index (χ4n) is 0.817. The molecule has 1 aromatic carbocycles. The number of halogens is 4. The van der Waals surface area contributed by atoms with E-state index in [0.29, 0.717) is 0 Å². The van der Waals surface area contributed by atoms with Crippen LogP contribution in [0.5, 0.6) is 0 Å². The van der Waals surface area contributed by atoms with E-state index in [1.807, 2.05) is 0 Å². The topological polar surface area (TPSA) is 34.1 Å². The van der Waals surface area contributed by atoms with E-state index in [4.69, 9.17) is 45.0 Å². The second-order valence-electron chi connectivity index (χ2n) is 2.44. The molecule has 0 amide bonds. The Morgan fingerprint density at radius 2 is 1.21 bits per heavy atom. The van der Waals surface area contributed by atoms with Gasteiger partial charge in [-0.3, -0.25) is 9.13 Å². The minimum Gasteiger partial charge on any atom is -0.284 e. The van der Waals surface area contributed by atoms with E-state index in [9.17, 15) is 9.13 Å². The van der Waals surface area contributed by atoms with Gasteiger partial charge < -0.3 is 0 Å². The van der Waals surface area contributed by atoms with Gasteiger partial charge in [-0.2, -0.15) is 0 Å². The van der Waals surface area contributed by atoms with Crippen LogP contribution in [0.2, 0.25) is 0 Å². The minimum absolute atomic E-state index is 0.167. The average Bonchev–Trinajstić information content (AvgIpc) is 2.01. The largest absolute Gasteiger partial charge is 0.284 e. The van der Waals surface area contributed by atoms with Crippen LogP contribution in [0.4, 0.5) is 0 Å². The highest BCUT2D eigenvalue weighted by molar-refractivity contribution is 8.14. The molecular weight excluding hydrogens is 308 g/mol. The lowest BCUT2D eigenvalue weighted by atomic mass is 10.4. The van der Waals surface area contributed by atoms with Gasteiger partial charge in [-0.15, -0.1) is 0 Å². The number of hydrogen-bond acceptors (Lipinski definition) is 2. The van der Waals surface area contributed by atoms with Crippen molar-refractivity contribution in [1.82, 2.24) is 0 Å². The van der Waals surface area contributed by atoms with E-state index in [-0.39, 0.29) is 10.6 Å². The quantitative estimate of drug-likeness (QED) is 0.764. The first kappa shape index (κ1) is 12.9. The van der Waals surface area contributed by atoms with Crippen molar-refractivity contribution in [2.24, 2.45) is 0 Å². The predicted octanol–water partition coefficient (Wildman–Crippen LogP) is 4.28. The highest BCUT2D eigenvalue weighted by Crippen LogP contribution is 2.57. The normalized spacial score (nSPS) is 12.9. The second kappa shape index (κ2) is 4.37. The van der Waals surface area contributed by atoms with Crippen LogP contribution in [0.25, 0.3) is 0 Å². The zero-order valence-electron chi connectivity index (χ0n) is 6.53. The molecule has 78 valence electrons. The summed E-state index contributed by atoms with van der Waals surface area (Å²) in [6.07, 6.45) is 0. The van der Waals surface area contributed by atoms with Crippen molar-refractivity contribution >= 4 is 67.3 Å². The summed E-state index contributed by atoms with van der Waals surface area (Å²) < 4.78 is 22.5. The van der Waals surface area contributed by atoms with Crippen LogP contribution >= 0.6 is 56.7 Å². The molecule has 2 nitrogen and oxygen atoms in total. The van der Waals surface area contributed by atoms with Crippen molar-refractivity contribution in [2.45, 2.75) is 0 Å². The predicted molar refractivity (Wildman–Crippen MR) is 64.3 cm³/mol. The SMILES string of the molecule is O=P(Cl)(Cl)c1cccc(P(=O)(Cl)Cl)c1. The van der Waals surface area contributed by atoms with Gasteiger partial charge in [0.2, 0.25) is 0 Å². The highest BCUT2D eigenvalue weighted by Gasteiger charge is 2.22. The van der Waals surface area contributed by atoms with Crippen molar-refractivity contribution in [3.8, 4) is 0 Å². The van der Waals surface area contributed by atoms with Gasteiger partial charge in [0.1, 0.15) is 0 Å². The molecule has 1 aromatic rings. The molecule has 0 aliphatic carbocycles. The molecule has 0 saturated carbocycles. The van der Waals surface area contributed by atoms with Crippen LogP contribution in [-0.4, -0.2) is 0 Å². The number of benzene rings is 1. The van der Waals surface area contributed by atoms with Crippen molar-refractivity contribution in [2.75, 3.05) is 0 Å². The van der Waals surface area contributed by atoms with Crippen molar-refractivity contribution < 1.29 is 9.13 Å². The molecular formula is C6H4Cl4O2P2. The zero-order valence-corrected chi connectivity index (χ0v) is 11.3. The fraction of sp³-hybridized carbons (Fsp3) is 0. The van der Waals surface area contributed by atoms with Crippen LogP contribution < -0.4 is 10.6 Å². The van der Waals surface area contributed by atoms with Gasteiger partial charge in [0.15, 0.2) is 0 Å². The molecule has 0 fully saturated rings. The van der Waals surface area contributed by atoms with E-state index < -0.39 is 11.7 Å². The molecule has 0 heterocycles. The first-order valence-corrected chi connectivity index (χ1v) is 10.3. The first-order valence-electron chi connectivity index (χ1n) is 3.31. The molecule has 0 spiro atoms. The summed E-state index contributed by atoms with van der Waals surface area (Å²) in [6, 6.07) is 5.67. The van der Waals surface area contributed by atoms with Crippen LogP contribution in [0, 0.1) is 0 Å². The third-order valence-electron chi connectivity index (χ3n) is 1.43. The van der Waals surface area contributed by atoms with Crippen LogP contribution in [0.1, 0.15) is 0 Å². The first-order chi connectivity index (χ1) is 6.21. The van der Waals surface area contributed by atoms with E-state index in [2.05, 4.69) is 0 Å². The van der Waals surface area contributed by atoms with Gasteiger partial charge in [0.05, 0.1) is 0 Å². The molecule has 0 aliphatic rings. The lowest BCUT2D eigenvalue weighted by Gasteiger charge is -2.05. The second-order valence-corrected chi connectivity index (χ2v) is 12.1. The van der Waals surface area contributed by atoms with E-state index in [1.165, 1.54) is 24.3 Å². The Labute approximate surface area is 100 Å². The molecule has 0 atom stereocenters. The van der Waals surface area contributed by atoms with Gasteiger partial charge in [-0.25, -0.2) is 0 Å². The fourth-order valence-corrected chi connectivity index (χ4v) is 3.28. The molecule has 0 aliphatic heterocycles. The Kier molecular flexibility index (Phi) is 4.03. The molecule has 8 heteroatoms. The lowest BCUT2D eigenvalue weighted by Crippen LogP contribution is -2.07. The summed E-state index contributed by atoms with van der Waals surface area (Å²) in [6.45, 7) is 0. The molecule has 0 N–H and O–H groups in total. The summed E-state index contributed by atoms with van der Waals surface area (Å²) >= 11 is 21.7. The summed E-state index contributed by atoms with van der Waals surface area (Å²) in [5.41, 5.74) is 0. The lowest BCUT2D eigenvalue weighted by molar-refractivity contribution is 0.597. The van der Waals surface area contributed by atoms with E-state index in [0.717, 1.165) is 0 Å². The molecule has 0 unspecified atom stereocenters. The Bertz CT molecular complexity index is 398. The maximum absolute atomic E-state index is 11.3. The molecule has 0 bridgehead atoms. The minimum atomic E-state index is -3.41. The van der Waals surface area contributed by atoms with Gasteiger partial charge in [-0.1, -0.05) is 6.07 Å². The van der Waals surface area contributed by atoms with Crippen molar-refractivity contribution in [3.63, 3.8) is 0 Å². The van der Waals surface area contributed by atoms with Gasteiger partial charge in [-0.05, 0) is 63.2 Å². The molecule has 1 rings (SSSR count). The van der Waals surface area contributed by atoms with Crippen molar-refractivity contribution in [3.05, 3.63) is 24.3 Å². The molecule has 14 heavy (non-hydrogen) atoms. The third-order valence-corrected chi connectivity index (χ3v) is 5.53. The Morgan fingerprint density at radius 1 is 0.857 bits per heavy atom. The maximum atomic E-state index is 11.3. The van der Waals surface area contributed by atoms with Crippen LogP contribution in [-0.2, 0) is 9.13 Å². The Morgan fingerprint density at radius 3 is 1.50 bits per heavy atom. The summed E-state index contributed by atoms with van der Waals surface area (Å²) in [5.74, 6) is -6.82. The van der Waals surface area contributed by atoms with Crippen LogP contribution in [0.15, 0.2) is 24.3 Å². The van der Waals surface area contributed by atoms with Gasteiger partial charge in [0.25, 0.3) is 11.7 Å². The zero-order chi connectivity index (χ0) is 11.0. The van der Waals surface area contributed by atoms with Gasteiger partial charge >= 0.3 is 0 Å². The molecule has 0 saturated heterocycles. The molecule has 0 aromatic heterocycles. The summed E-state index contributed by atoms with van der Waals surface area (Å²) in [4.78, 5) is 0. The number of rotatable bonds is 2. The van der Waals surface area contributed by atoms with Crippen LogP contribution in [0.3, 0.4) is 0 Å². The Hall–Kier alpha value is 0.840. The smallest absolute Gasteiger partial charge is 0.281 e. The average molecular weight is 312 g/mol. The summed E-state index contributed by atoms with van der Waals surface area (Å²) in [7, 11) is 0. The maximum Gasteiger partial charge on any atom is 0.281 e. The van der Waals surface area contributed by atoms with Crippen molar-refractivity contribution in [1.29, 1.82) is 0 Å². The van der Waals surface area contributed by atoms with E-state index >= 15 is 0 Å². The monoisotopic (exact) mass is 310 g/mol. The Balaban J connectivity index is 3.29. The summed E-state index contributed by atoms with van der Waals surface area (Å²) in [5, 5.41) is 0.333.